The van der Waals surface area contributed by atoms with Crippen molar-refractivity contribution in [3.05, 3.63) is 102 Å². The number of anilines is 2. The van der Waals surface area contributed by atoms with E-state index >= 15 is 0 Å². The average Bonchev–Trinajstić information content (AvgIpc) is 3.01. The van der Waals surface area contributed by atoms with Gasteiger partial charge in [0.15, 0.2) is 5.82 Å². The van der Waals surface area contributed by atoms with Crippen LogP contribution in [0.5, 0.6) is 17.6 Å². The van der Waals surface area contributed by atoms with Crippen LogP contribution in [0.15, 0.2) is 95.5 Å². The maximum atomic E-state index is 13.3. The van der Waals surface area contributed by atoms with Crippen LogP contribution in [0.3, 0.4) is 0 Å². The third-order valence-corrected chi connectivity index (χ3v) is 7.06. The maximum absolute atomic E-state index is 13.3. The van der Waals surface area contributed by atoms with Crippen molar-refractivity contribution in [2.45, 2.75) is 4.90 Å². The molecule has 42 heavy (non-hydrogen) atoms. The first-order valence-corrected chi connectivity index (χ1v) is 13.8. The molecule has 0 saturated carbocycles. The van der Waals surface area contributed by atoms with E-state index in [0.717, 1.165) is 0 Å². The minimum absolute atomic E-state index is 0.0287. The molecule has 13 heteroatoms. The molecule has 4 rings (SSSR count). The third-order valence-electron chi connectivity index (χ3n) is 5.69. The number of methoxy groups -OCH3 is 3. The Hall–Kier alpha value is -5.43. The van der Waals surface area contributed by atoms with Crippen LogP contribution < -0.4 is 29.6 Å². The first-order valence-electron chi connectivity index (χ1n) is 12.3. The second kappa shape index (κ2) is 13.3. The van der Waals surface area contributed by atoms with Crippen LogP contribution in [0.2, 0.25) is 0 Å². The minimum Gasteiger partial charge on any atom is -0.497 e. The van der Waals surface area contributed by atoms with Gasteiger partial charge in [0.25, 0.3) is 21.8 Å². The summed E-state index contributed by atoms with van der Waals surface area (Å²) >= 11 is 0. The zero-order valence-corrected chi connectivity index (χ0v) is 23.6. The standard InChI is InChI=1S/C29H27N5O7S/c1-39-22-13-9-19(10-14-22)17-24(31-27(35)20-7-5-4-6-8-20)28(36)30-21-11-15-23(16-12-21)42(37,38)34-25-18-26(40-2)33-29(32-25)41-3/h4-18H,1-3H3,(H,30,36)(H,31,35)(H,32,33,34)/b24-17-. The molecule has 0 bridgehead atoms. The molecule has 0 fully saturated rings. The molecule has 0 unspecified atom stereocenters. The van der Waals surface area contributed by atoms with Gasteiger partial charge in [-0.3, -0.25) is 14.3 Å². The van der Waals surface area contributed by atoms with E-state index in [1.165, 1.54) is 50.6 Å². The fraction of sp³-hybridized carbons (Fsp3) is 0.103. The lowest BCUT2D eigenvalue weighted by Crippen LogP contribution is -2.30. The summed E-state index contributed by atoms with van der Waals surface area (Å²) < 4.78 is 43.4. The van der Waals surface area contributed by atoms with Gasteiger partial charge in [-0.25, -0.2) is 8.42 Å². The topological polar surface area (TPSA) is 158 Å². The molecule has 4 aromatic rings. The smallest absolute Gasteiger partial charge is 0.321 e. The van der Waals surface area contributed by atoms with Crippen LogP contribution in [0.1, 0.15) is 15.9 Å². The number of hydrogen-bond acceptors (Lipinski definition) is 9. The van der Waals surface area contributed by atoms with Crippen molar-refractivity contribution in [1.82, 2.24) is 15.3 Å². The molecule has 0 atom stereocenters. The number of nitrogens with zero attached hydrogens (tertiary/aromatic N) is 2. The van der Waals surface area contributed by atoms with Gasteiger partial charge in [0, 0.05) is 17.3 Å². The summed E-state index contributed by atoms with van der Waals surface area (Å²) in [5.74, 6) is -0.414. The Morgan fingerprint density at radius 1 is 0.810 bits per heavy atom. The molecule has 0 spiro atoms. The number of aromatic nitrogens is 2. The highest BCUT2D eigenvalue weighted by atomic mass is 32.2. The largest absolute Gasteiger partial charge is 0.497 e. The van der Waals surface area contributed by atoms with E-state index in [9.17, 15) is 18.0 Å². The summed E-state index contributed by atoms with van der Waals surface area (Å²) in [7, 11) is 0.193. The molecule has 0 aliphatic heterocycles. The van der Waals surface area contributed by atoms with E-state index in [0.29, 0.717) is 22.6 Å². The molecule has 12 nitrogen and oxygen atoms in total. The molecule has 2 amide bonds. The number of carbonyl (C=O) groups excluding carboxylic acids is 2. The summed E-state index contributed by atoms with van der Waals surface area (Å²) in [6, 6.07) is 22.0. The monoisotopic (exact) mass is 589 g/mol. The molecule has 1 aromatic heterocycles. The zero-order chi connectivity index (χ0) is 30.1. The summed E-state index contributed by atoms with van der Waals surface area (Å²) in [6.45, 7) is 0. The van der Waals surface area contributed by atoms with Crippen LogP contribution in [0.25, 0.3) is 6.08 Å². The van der Waals surface area contributed by atoms with E-state index in [4.69, 9.17) is 14.2 Å². The van der Waals surface area contributed by atoms with Gasteiger partial charge in [0.1, 0.15) is 11.4 Å². The number of carbonyl (C=O) groups is 2. The van der Waals surface area contributed by atoms with Crippen molar-refractivity contribution < 1.29 is 32.2 Å². The van der Waals surface area contributed by atoms with Gasteiger partial charge in [-0.05, 0) is 60.2 Å². The number of benzene rings is 3. The Morgan fingerprint density at radius 2 is 1.50 bits per heavy atom. The molecule has 0 aliphatic carbocycles. The number of amides is 2. The quantitative estimate of drug-likeness (QED) is 0.222. The second-order valence-electron chi connectivity index (χ2n) is 8.52. The second-order valence-corrected chi connectivity index (χ2v) is 10.2. The zero-order valence-electron chi connectivity index (χ0n) is 22.8. The molecule has 0 aliphatic rings. The van der Waals surface area contributed by atoms with E-state index in [1.54, 1.807) is 61.7 Å². The minimum atomic E-state index is -4.06. The van der Waals surface area contributed by atoms with Crippen LogP contribution in [0.4, 0.5) is 11.5 Å². The van der Waals surface area contributed by atoms with Gasteiger partial charge in [0.2, 0.25) is 5.88 Å². The number of hydrogen-bond donors (Lipinski definition) is 3. The lowest BCUT2D eigenvalue weighted by atomic mass is 10.1. The highest BCUT2D eigenvalue weighted by molar-refractivity contribution is 7.92. The van der Waals surface area contributed by atoms with E-state index in [2.05, 4.69) is 25.3 Å². The first kappa shape index (κ1) is 29.6. The Kier molecular flexibility index (Phi) is 9.35. The van der Waals surface area contributed by atoms with E-state index in [-0.39, 0.29) is 28.3 Å². The molecule has 0 saturated heterocycles. The van der Waals surface area contributed by atoms with Gasteiger partial charge < -0.3 is 24.8 Å². The fourth-order valence-corrected chi connectivity index (χ4v) is 4.57. The Bertz CT molecular complexity index is 1670. The summed E-state index contributed by atoms with van der Waals surface area (Å²) in [4.78, 5) is 33.9. The van der Waals surface area contributed by atoms with Crippen LogP contribution >= 0.6 is 0 Å². The summed E-state index contributed by atoms with van der Waals surface area (Å²) in [6.07, 6.45) is 1.52. The van der Waals surface area contributed by atoms with Crippen molar-refractivity contribution in [2.24, 2.45) is 0 Å². The van der Waals surface area contributed by atoms with Crippen molar-refractivity contribution in [2.75, 3.05) is 31.4 Å². The van der Waals surface area contributed by atoms with E-state index in [1.807, 2.05) is 0 Å². The van der Waals surface area contributed by atoms with Gasteiger partial charge >= 0.3 is 6.01 Å². The Labute approximate surface area is 242 Å². The molecule has 216 valence electrons. The van der Waals surface area contributed by atoms with E-state index < -0.39 is 21.8 Å². The Morgan fingerprint density at radius 3 is 2.12 bits per heavy atom. The van der Waals surface area contributed by atoms with Crippen molar-refractivity contribution >= 4 is 39.4 Å². The highest BCUT2D eigenvalue weighted by Crippen LogP contribution is 2.22. The molecular formula is C29H27N5O7S. The van der Waals surface area contributed by atoms with Crippen molar-refractivity contribution in [1.29, 1.82) is 0 Å². The molecular weight excluding hydrogens is 562 g/mol. The highest BCUT2D eigenvalue weighted by Gasteiger charge is 2.19. The molecule has 3 aromatic carbocycles. The van der Waals surface area contributed by atoms with Gasteiger partial charge in [-0.1, -0.05) is 30.3 Å². The third kappa shape index (κ3) is 7.61. The molecule has 1 heterocycles. The lowest BCUT2D eigenvalue weighted by Gasteiger charge is -2.13. The van der Waals surface area contributed by atoms with Crippen LogP contribution in [-0.4, -0.2) is 51.5 Å². The van der Waals surface area contributed by atoms with Gasteiger partial charge in [-0.15, -0.1) is 0 Å². The van der Waals surface area contributed by atoms with Crippen LogP contribution in [-0.2, 0) is 14.8 Å². The summed E-state index contributed by atoms with van der Waals surface area (Å²) in [5.41, 5.74) is 1.27. The average molecular weight is 590 g/mol. The maximum Gasteiger partial charge on any atom is 0.321 e. The van der Waals surface area contributed by atoms with Crippen LogP contribution in [0, 0.1) is 0 Å². The molecule has 3 N–H and O–H groups in total. The van der Waals surface area contributed by atoms with Crippen molar-refractivity contribution in [3.63, 3.8) is 0 Å². The first-order chi connectivity index (χ1) is 20.2. The number of sulfonamides is 1. The fourth-order valence-electron chi connectivity index (χ4n) is 3.57. The predicted molar refractivity (Wildman–Crippen MR) is 156 cm³/mol. The summed E-state index contributed by atoms with van der Waals surface area (Å²) in [5, 5.41) is 5.34. The van der Waals surface area contributed by atoms with Crippen molar-refractivity contribution in [3.8, 4) is 17.6 Å². The SMILES string of the molecule is COc1ccc(/C=C(\NC(=O)c2ccccc2)C(=O)Nc2ccc(S(=O)(=O)Nc3cc(OC)nc(OC)n3)cc2)cc1. The predicted octanol–water partition coefficient (Wildman–Crippen LogP) is 3.71. The number of rotatable bonds is 11. The Balaban J connectivity index is 1.53. The lowest BCUT2D eigenvalue weighted by molar-refractivity contribution is -0.113. The molecule has 0 radical (unpaired) electrons. The number of nitrogens with one attached hydrogen (secondary N) is 3. The normalized spacial score (nSPS) is 11.3. The van der Waals surface area contributed by atoms with Gasteiger partial charge in [0.05, 0.1) is 26.2 Å². The van der Waals surface area contributed by atoms with Gasteiger partial charge in [-0.2, -0.15) is 9.97 Å². The number of ether oxygens (including phenoxy) is 3.